The van der Waals surface area contributed by atoms with Crippen molar-refractivity contribution in [3.05, 3.63) is 47.8 Å². The number of hydrogen-bond donors (Lipinski definition) is 1. The Morgan fingerprint density at radius 1 is 1.10 bits per heavy atom. The van der Waals surface area contributed by atoms with Gasteiger partial charge in [-0.05, 0) is 50.6 Å². The van der Waals surface area contributed by atoms with Crippen LogP contribution in [0.15, 0.2) is 41.3 Å². The first-order valence-electron chi connectivity index (χ1n) is 11.8. The van der Waals surface area contributed by atoms with Crippen LogP contribution in [0.3, 0.4) is 0 Å². The summed E-state index contributed by atoms with van der Waals surface area (Å²) in [6.07, 6.45) is -6.82. The average Bonchev–Trinajstić information content (AvgIpc) is 2.93. The van der Waals surface area contributed by atoms with Gasteiger partial charge in [0.2, 0.25) is 21.3 Å². The van der Waals surface area contributed by atoms with Crippen LogP contribution in [-0.4, -0.2) is 50.7 Å². The van der Waals surface area contributed by atoms with E-state index in [-0.39, 0.29) is 5.69 Å². The number of carboxylic acids is 1. The van der Waals surface area contributed by atoms with Crippen molar-refractivity contribution in [1.29, 1.82) is 0 Å². The van der Waals surface area contributed by atoms with Crippen LogP contribution >= 0.6 is 0 Å². The van der Waals surface area contributed by atoms with Gasteiger partial charge in [0.05, 0.1) is 16.1 Å². The van der Waals surface area contributed by atoms with Gasteiger partial charge in [-0.15, -0.1) is 0 Å². The second kappa shape index (κ2) is 11.1. The van der Waals surface area contributed by atoms with Crippen molar-refractivity contribution in [1.82, 2.24) is 0 Å². The summed E-state index contributed by atoms with van der Waals surface area (Å²) in [6.45, 7) is -1.95. The molecule has 0 amide bonds. The van der Waals surface area contributed by atoms with E-state index in [4.69, 9.17) is 4.74 Å². The molecule has 6 nitrogen and oxygen atoms in total. The lowest BCUT2D eigenvalue weighted by atomic mass is 9.94. The number of ether oxygens (including phenoxy) is 1. The van der Waals surface area contributed by atoms with Gasteiger partial charge < -0.3 is 14.7 Å². The van der Waals surface area contributed by atoms with E-state index >= 15 is 4.39 Å². The Balaban J connectivity index is 2.26. The first kappa shape index (κ1) is 31.4. The fourth-order valence-corrected chi connectivity index (χ4v) is 5.74. The Kier molecular flexibility index (Phi) is 8.68. The molecular formula is C25H25F8NO5S. The molecule has 1 heterocycles. The smallest absolute Gasteiger partial charge is 0.420 e. The third kappa shape index (κ3) is 6.61. The van der Waals surface area contributed by atoms with Crippen LogP contribution in [-0.2, 0) is 20.8 Å². The molecular weight excluding hydrogens is 578 g/mol. The minimum atomic E-state index is -5.22. The van der Waals surface area contributed by atoms with Crippen LogP contribution in [0.1, 0.15) is 32.3 Å². The number of halogens is 8. The minimum Gasteiger partial charge on any atom is -0.492 e. The summed E-state index contributed by atoms with van der Waals surface area (Å²) >= 11 is 0. The molecule has 0 fully saturated rings. The zero-order valence-corrected chi connectivity index (χ0v) is 21.9. The maximum Gasteiger partial charge on any atom is 0.420 e. The highest BCUT2D eigenvalue weighted by atomic mass is 32.2. The van der Waals surface area contributed by atoms with Crippen LogP contribution < -0.4 is 9.64 Å². The molecule has 15 heteroatoms. The van der Waals surface area contributed by atoms with E-state index in [1.54, 1.807) is 0 Å². The predicted octanol–water partition coefficient (Wildman–Crippen LogP) is 6.56. The standard InChI is InChI=1S/C25H25F8NO5S/c1-23(12-26,22(35)36)13-39-19-10-20-18(9-17(19)25(31,32)33)34(16-5-3-15(27)4-6-16)11-14(7-8-24(2,29)30)21(28)40(20,37)38/h3-6,9-10,14,21H,7-8,11-13H2,1-2H3,(H,35,36)/t14-,21+,23-/m1/s1. The van der Waals surface area contributed by atoms with Crippen LogP contribution in [0.2, 0.25) is 0 Å². The third-order valence-corrected chi connectivity index (χ3v) is 8.42. The monoisotopic (exact) mass is 603 g/mol. The van der Waals surface area contributed by atoms with Crippen molar-refractivity contribution in [3.63, 3.8) is 0 Å². The number of aliphatic carboxylic acids is 1. The normalized spacial score (nSPS) is 20.8. The molecule has 0 bridgehead atoms. The summed E-state index contributed by atoms with van der Waals surface area (Å²) in [7, 11) is -5.15. The number of carboxylic acid groups (broad SMARTS) is 1. The van der Waals surface area contributed by atoms with E-state index in [0.29, 0.717) is 19.1 Å². The number of benzene rings is 2. The lowest BCUT2D eigenvalue weighted by molar-refractivity contribution is -0.151. The van der Waals surface area contributed by atoms with E-state index < -0.39 is 105 Å². The van der Waals surface area contributed by atoms with E-state index in [0.717, 1.165) is 36.1 Å². The van der Waals surface area contributed by atoms with Crippen molar-refractivity contribution in [2.45, 2.75) is 49.2 Å². The van der Waals surface area contributed by atoms with Crippen molar-refractivity contribution in [3.8, 4) is 5.75 Å². The Morgan fingerprint density at radius 2 is 1.70 bits per heavy atom. The van der Waals surface area contributed by atoms with Gasteiger partial charge in [0.25, 0.3) is 0 Å². The van der Waals surface area contributed by atoms with Crippen molar-refractivity contribution >= 4 is 27.2 Å². The molecule has 2 aromatic rings. The molecule has 222 valence electrons. The van der Waals surface area contributed by atoms with Gasteiger partial charge in [-0.1, -0.05) is 0 Å². The summed E-state index contributed by atoms with van der Waals surface area (Å²) in [4.78, 5) is 11.3. The van der Waals surface area contributed by atoms with Crippen molar-refractivity contribution < 1.29 is 58.2 Å². The highest BCUT2D eigenvalue weighted by Crippen LogP contribution is 2.47. The van der Waals surface area contributed by atoms with Crippen LogP contribution in [0.25, 0.3) is 0 Å². The van der Waals surface area contributed by atoms with Gasteiger partial charge in [0.15, 0.2) is 0 Å². The van der Waals surface area contributed by atoms with Gasteiger partial charge in [-0.2, -0.15) is 13.2 Å². The number of rotatable bonds is 9. The summed E-state index contributed by atoms with van der Waals surface area (Å²) in [5, 5.41) is 9.23. The van der Waals surface area contributed by atoms with Gasteiger partial charge in [0.1, 0.15) is 30.3 Å². The molecule has 0 saturated carbocycles. The fraction of sp³-hybridized carbons (Fsp3) is 0.480. The number of fused-ring (bicyclic) bond motifs is 1. The van der Waals surface area contributed by atoms with Crippen LogP contribution in [0.4, 0.5) is 46.5 Å². The molecule has 3 atom stereocenters. The topological polar surface area (TPSA) is 83.9 Å². The molecule has 3 rings (SSSR count). The molecule has 0 unspecified atom stereocenters. The number of anilines is 2. The number of nitrogens with zero attached hydrogens (tertiary/aromatic N) is 1. The molecule has 0 spiro atoms. The molecule has 0 aromatic heterocycles. The first-order chi connectivity index (χ1) is 18.3. The van der Waals surface area contributed by atoms with Gasteiger partial charge >= 0.3 is 12.1 Å². The summed E-state index contributed by atoms with van der Waals surface area (Å²) in [5.74, 6) is -8.64. The summed E-state index contributed by atoms with van der Waals surface area (Å²) < 4.78 is 144. The first-order valence-corrected chi connectivity index (χ1v) is 13.3. The maximum absolute atomic E-state index is 15.6. The largest absolute Gasteiger partial charge is 0.492 e. The van der Waals surface area contributed by atoms with Gasteiger partial charge in [-0.3, -0.25) is 4.79 Å². The molecule has 1 N–H and O–H groups in total. The average molecular weight is 604 g/mol. The van der Waals surface area contributed by atoms with E-state index in [9.17, 15) is 49.1 Å². The predicted molar refractivity (Wildman–Crippen MR) is 127 cm³/mol. The Morgan fingerprint density at radius 3 is 2.20 bits per heavy atom. The summed E-state index contributed by atoms with van der Waals surface area (Å²) in [5.41, 5.74) is -7.47. The molecule has 1 aliphatic rings. The highest BCUT2D eigenvalue weighted by Gasteiger charge is 2.46. The molecule has 0 saturated heterocycles. The number of carbonyl (C=O) groups is 1. The number of sulfone groups is 1. The minimum absolute atomic E-state index is 0.0575. The molecule has 1 aliphatic heterocycles. The Labute approximate surface area is 224 Å². The Bertz CT molecular complexity index is 1340. The highest BCUT2D eigenvalue weighted by molar-refractivity contribution is 7.92. The zero-order valence-electron chi connectivity index (χ0n) is 21.1. The Hall–Kier alpha value is -3.10. The number of alkyl halides is 7. The summed E-state index contributed by atoms with van der Waals surface area (Å²) in [6, 6.07) is 4.71. The van der Waals surface area contributed by atoms with E-state index in [1.165, 1.54) is 0 Å². The lowest BCUT2D eigenvalue weighted by Crippen LogP contribution is -2.36. The second-order valence-electron chi connectivity index (χ2n) is 9.95. The van der Waals surface area contributed by atoms with Crippen LogP contribution in [0.5, 0.6) is 5.75 Å². The van der Waals surface area contributed by atoms with E-state index in [1.807, 2.05) is 0 Å². The molecule has 0 aliphatic carbocycles. The quantitative estimate of drug-likeness (QED) is 0.327. The fourth-order valence-electron chi connectivity index (χ4n) is 4.04. The lowest BCUT2D eigenvalue weighted by Gasteiger charge is -2.29. The van der Waals surface area contributed by atoms with E-state index in [2.05, 4.69) is 0 Å². The second-order valence-corrected chi connectivity index (χ2v) is 11.9. The van der Waals surface area contributed by atoms with Crippen molar-refractivity contribution in [2.75, 3.05) is 24.7 Å². The maximum atomic E-state index is 15.6. The molecule has 2 aromatic carbocycles. The van der Waals surface area contributed by atoms with Gasteiger partial charge in [-0.25, -0.2) is 30.4 Å². The molecule has 0 radical (unpaired) electrons. The van der Waals surface area contributed by atoms with Gasteiger partial charge in [0, 0.05) is 30.6 Å². The van der Waals surface area contributed by atoms with Crippen LogP contribution in [0, 0.1) is 17.2 Å². The van der Waals surface area contributed by atoms with Crippen molar-refractivity contribution in [2.24, 2.45) is 11.3 Å². The SMILES string of the molecule is CC(F)(F)CC[C@@H]1CN(c2ccc(F)cc2)c2cc(C(F)(F)F)c(OC[C@@](C)(CF)C(=O)O)cc2S(=O)(=O)[C@@H]1F. The number of hydrogen-bond acceptors (Lipinski definition) is 5. The zero-order chi connectivity index (χ0) is 30.3. The third-order valence-electron chi connectivity index (χ3n) is 6.50. The molecule has 40 heavy (non-hydrogen) atoms.